The fraction of sp³-hybridized carbons (Fsp3) is 0. The first-order valence-electron chi connectivity index (χ1n) is 4.97. The van der Waals surface area contributed by atoms with Gasteiger partial charge in [0.25, 0.3) is 0 Å². The van der Waals surface area contributed by atoms with E-state index in [-0.39, 0.29) is 11.6 Å². The number of fused-ring (bicyclic) bond motifs is 1. The zero-order valence-electron chi connectivity index (χ0n) is 8.61. The molecule has 0 atom stereocenters. The first kappa shape index (κ1) is 9.77. The van der Waals surface area contributed by atoms with Crippen LogP contribution >= 0.6 is 0 Å². The second-order valence-electron chi connectivity index (χ2n) is 3.57. The highest BCUT2D eigenvalue weighted by atomic mass is 19.1. The van der Waals surface area contributed by atoms with E-state index in [2.05, 4.69) is 9.97 Å². The van der Waals surface area contributed by atoms with Crippen molar-refractivity contribution in [3.63, 3.8) is 0 Å². The highest BCUT2D eigenvalue weighted by molar-refractivity contribution is 5.79. The minimum absolute atomic E-state index is 0.228. The number of halogens is 1. The Hall–Kier alpha value is -2.43. The van der Waals surface area contributed by atoms with Crippen LogP contribution in [-0.2, 0) is 0 Å². The number of aldehydes is 1. The Labute approximate surface area is 95.1 Å². The van der Waals surface area contributed by atoms with Crippen molar-refractivity contribution >= 4 is 17.3 Å². The number of aromatic nitrogens is 2. The van der Waals surface area contributed by atoms with Gasteiger partial charge in [0.05, 0.1) is 11.0 Å². The number of benzene rings is 1. The zero-order chi connectivity index (χ0) is 11.8. The van der Waals surface area contributed by atoms with Gasteiger partial charge >= 0.3 is 0 Å². The van der Waals surface area contributed by atoms with E-state index in [1.807, 2.05) is 0 Å². The minimum Gasteiger partial charge on any atom is -0.450 e. The molecule has 0 radical (unpaired) electrons. The maximum absolute atomic E-state index is 13.0. The Kier molecular flexibility index (Phi) is 2.04. The highest BCUT2D eigenvalue weighted by Crippen LogP contribution is 2.22. The van der Waals surface area contributed by atoms with E-state index in [9.17, 15) is 9.18 Å². The third-order valence-corrected chi connectivity index (χ3v) is 2.42. The Morgan fingerprint density at radius 1 is 1.29 bits per heavy atom. The van der Waals surface area contributed by atoms with Crippen molar-refractivity contribution in [1.29, 1.82) is 0 Å². The lowest BCUT2D eigenvalue weighted by molar-refractivity contribution is 0.110. The van der Waals surface area contributed by atoms with Crippen molar-refractivity contribution in [1.82, 2.24) is 9.97 Å². The fourth-order valence-electron chi connectivity index (χ4n) is 1.64. The summed E-state index contributed by atoms with van der Waals surface area (Å²) in [5.74, 6) is 0.815. The van der Waals surface area contributed by atoms with Crippen molar-refractivity contribution in [3.05, 3.63) is 41.9 Å². The first-order chi connectivity index (χ1) is 8.26. The van der Waals surface area contributed by atoms with Crippen LogP contribution in [0.2, 0.25) is 0 Å². The Morgan fingerprint density at radius 2 is 2.18 bits per heavy atom. The maximum Gasteiger partial charge on any atom is 0.185 e. The van der Waals surface area contributed by atoms with Gasteiger partial charge in [-0.05, 0) is 30.3 Å². The number of hydrogen-bond donors (Lipinski definition) is 1. The predicted octanol–water partition coefficient (Wildman–Crippen LogP) is 2.77. The average Bonchev–Trinajstić information content (AvgIpc) is 2.93. The standard InChI is InChI=1S/C12H7FN2O2/c13-7-1-3-9-10(5-7)15-12(14-9)11-4-2-8(6-16)17-11/h1-6H,(H,14,15). The lowest BCUT2D eigenvalue weighted by Gasteiger charge is -1.87. The van der Waals surface area contributed by atoms with Gasteiger partial charge < -0.3 is 9.40 Å². The summed E-state index contributed by atoms with van der Waals surface area (Å²) in [6.07, 6.45) is 0.617. The van der Waals surface area contributed by atoms with Crippen LogP contribution < -0.4 is 0 Å². The molecule has 2 aromatic heterocycles. The SMILES string of the molecule is O=Cc1ccc(-c2nc3ccc(F)cc3[nH]2)o1. The predicted molar refractivity (Wildman–Crippen MR) is 59.1 cm³/mol. The molecular weight excluding hydrogens is 223 g/mol. The van der Waals surface area contributed by atoms with Crippen LogP contribution in [0, 0.1) is 5.82 Å². The number of aromatic amines is 1. The molecule has 4 nitrogen and oxygen atoms in total. The first-order valence-corrected chi connectivity index (χ1v) is 4.97. The number of imidazole rings is 1. The molecule has 1 N–H and O–H groups in total. The van der Waals surface area contributed by atoms with Crippen LogP contribution in [0.15, 0.2) is 34.7 Å². The topological polar surface area (TPSA) is 58.9 Å². The molecule has 3 aromatic rings. The molecule has 3 rings (SSSR count). The summed E-state index contributed by atoms with van der Waals surface area (Å²) < 4.78 is 18.2. The van der Waals surface area contributed by atoms with Crippen LogP contribution in [0.3, 0.4) is 0 Å². The van der Waals surface area contributed by atoms with Gasteiger partial charge in [-0.1, -0.05) is 0 Å². The van der Waals surface area contributed by atoms with Crippen LogP contribution in [-0.4, -0.2) is 16.3 Å². The molecule has 1 aromatic carbocycles. The molecule has 0 bridgehead atoms. The zero-order valence-corrected chi connectivity index (χ0v) is 8.61. The van der Waals surface area contributed by atoms with Gasteiger partial charge in [-0.25, -0.2) is 9.37 Å². The molecule has 17 heavy (non-hydrogen) atoms. The van der Waals surface area contributed by atoms with Crippen molar-refractivity contribution in [2.45, 2.75) is 0 Å². The molecule has 0 amide bonds. The van der Waals surface area contributed by atoms with Crippen molar-refractivity contribution < 1.29 is 13.6 Å². The normalized spacial score (nSPS) is 10.9. The quantitative estimate of drug-likeness (QED) is 0.688. The smallest absolute Gasteiger partial charge is 0.185 e. The monoisotopic (exact) mass is 230 g/mol. The van der Waals surface area contributed by atoms with Gasteiger partial charge in [0.2, 0.25) is 0 Å². The summed E-state index contributed by atoms with van der Waals surface area (Å²) >= 11 is 0. The van der Waals surface area contributed by atoms with Gasteiger partial charge in [0.1, 0.15) is 5.82 Å². The molecule has 0 saturated heterocycles. The third kappa shape index (κ3) is 1.61. The van der Waals surface area contributed by atoms with Gasteiger partial charge in [0.15, 0.2) is 23.6 Å². The Morgan fingerprint density at radius 3 is 2.94 bits per heavy atom. The molecule has 0 fully saturated rings. The lowest BCUT2D eigenvalue weighted by atomic mass is 10.3. The summed E-state index contributed by atoms with van der Waals surface area (Å²) in [5, 5.41) is 0. The molecule has 2 heterocycles. The lowest BCUT2D eigenvalue weighted by Crippen LogP contribution is -1.75. The summed E-state index contributed by atoms with van der Waals surface area (Å²) in [7, 11) is 0. The number of H-pyrrole nitrogens is 1. The molecular formula is C12H7FN2O2. The van der Waals surface area contributed by atoms with Gasteiger partial charge in [-0.3, -0.25) is 4.79 Å². The second kappa shape index (κ2) is 3.55. The van der Waals surface area contributed by atoms with Crippen LogP contribution in [0.5, 0.6) is 0 Å². The molecule has 0 aliphatic carbocycles. The van der Waals surface area contributed by atoms with Gasteiger partial charge in [-0.15, -0.1) is 0 Å². The molecule has 84 valence electrons. The number of furan rings is 1. The van der Waals surface area contributed by atoms with Crippen molar-refractivity contribution in [2.24, 2.45) is 0 Å². The van der Waals surface area contributed by atoms with E-state index < -0.39 is 0 Å². The third-order valence-electron chi connectivity index (χ3n) is 2.42. The number of nitrogens with one attached hydrogen (secondary N) is 1. The van der Waals surface area contributed by atoms with Crippen LogP contribution in [0.25, 0.3) is 22.6 Å². The average molecular weight is 230 g/mol. The van der Waals surface area contributed by atoms with E-state index >= 15 is 0 Å². The number of hydrogen-bond acceptors (Lipinski definition) is 3. The second-order valence-corrected chi connectivity index (χ2v) is 3.57. The van der Waals surface area contributed by atoms with E-state index in [1.54, 1.807) is 18.2 Å². The van der Waals surface area contributed by atoms with Crippen LogP contribution in [0.4, 0.5) is 4.39 Å². The summed E-state index contributed by atoms with van der Waals surface area (Å²) in [6.45, 7) is 0. The van der Waals surface area contributed by atoms with E-state index in [0.29, 0.717) is 28.9 Å². The van der Waals surface area contributed by atoms with Crippen molar-refractivity contribution in [2.75, 3.05) is 0 Å². The largest absolute Gasteiger partial charge is 0.450 e. The molecule has 0 aliphatic rings. The van der Waals surface area contributed by atoms with Gasteiger partial charge in [0, 0.05) is 0 Å². The molecule has 0 unspecified atom stereocenters. The minimum atomic E-state index is -0.333. The van der Waals surface area contributed by atoms with Crippen molar-refractivity contribution in [3.8, 4) is 11.6 Å². The van der Waals surface area contributed by atoms with Gasteiger partial charge in [-0.2, -0.15) is 0 Å². The number of carbonyl (C=O) groups excluding carboxylic acids is 1. The number of carbonyl (C=O) groups is 1. The summed E-state index contributed by atoms with van der Waals surface area (Å²) in [6, 6.07) is 7.46. The fourth-order valence-corrected chi connectivity index (χ4v) is 1.64. The Bertz CT molecular complexity index is 699. The molecule has 0 saturated carbocycles. The number of rotatable bonds is 2. The van der Waals surface area contributed by atoms with Crippen LogP contribution in [0.1, 0.15) is 10.6 Å². The molecule has 0 spiro atoms. The maximum atomic E-state index is 13.0. The highest BCUT2D eigenvalue weighted by Gasteiger charge is 2.09. The number of nitrogens with zero attached hydrogens (tertiary/aromatic N) is 1. The molecule has 5 heteroatoms. The van der Waals surface area contributed by atoms with E-state index in [0.717, 1.165) is 0 Å². The summed E-state index contributed by atoms with van der Waals surface area (Å²) in [4.78, 5) is 17.7. The van der Waals surface area contributed by atoms with E-state index in [1.165, 1.54) is 12.1 Å². The molecule has 0 aliphatic heterocycles. The summed E-state index contributed by atoms with van der Waals surface area (Å²) in [5.41, 5.74) is 1.23. The Balaban J connectivity index is 2.14. The van der Waals surface area contributed by atoms with E-state index in [4.69, 9.17) is 4.42 Å².